The summed E-state index contributed by atoms with van der Waals surface area (Å²) in [7, 11) is 1.62. The molecule has 0 saturated carbocycles. The Bertz CT molecular complexity index is 364. The van der Waals surface area contributed by atoms with E-state index in [0.29, 0.717) is 17.4 Å². The van der Waals surface area contributed by atoms with E-state index in [2.05, 4.69) is 13.8 Å². The molecular formula is C14H22O3. The second-order valence-corrected chi connectivity index (χ2v) is 5.17. The molecule has 17 heavy (non-hydrogen) atoms. The zero-order chi connectivity index (χ0) is 13.1. The molecule has 1 rings (SSSR count). The lowest BCUT2D eigenvalue weighted by Gasteiger charge is -2.19. The van der Waals surface area contributed by atoms with E-state index in [0.717, 1.165) is 0 Å². The topological polar surface area (TPSA) is 38.7 Å². The summed E-state index contributed by atoms with van der Waals surface area (Å²) in [4.78, 5) is 0. The van der Waals surface area contributed by atoms with E-state index < -0.39 is 5.60 Å². The highest BCUT2D eigenvalue weighted by molar-refractivity contribution is 5.43. The van der Waals surface area contributed by atoms with Gasteiger partial charge in [-0.05, 0) is 37.5 Å². The van der Waals surface area contributed by atoms with Gasteiger partial charge >= 0.3 is 0 Å². The smallest absolute Gasteiger partial charge is 0.161 e. The van der Waals surface area contributed by atoms with Crippen LogP contribution in [0.4, 0.5) is 0 Å². The van der Waals surface area contributed by atoms with Crippen molar-refractivity contribution in [2.75, 3.05) is 13.7 Å². The van der Waals surface area contributed by atoms with Gasteiger partial charge in [0.05, 0.1) is 12.7 Å². The number of hydrogen-bond acceptors (Lipinski definition) is 3. The van der Waals surface area contributed by atoms with E-state index in [9.17, 15) is 5.11 Å². The first kappa shape index (κ1) is 13.8. The van der Waals surface area contributed by atoms with Gasteiger partial charge < -0.3 is 14.6 Å². The molecule has 0 spiro atoms. The molecule has 3 heteroatoms. The fourth-order valence-corrected chi connectivity index (χ4v) is 1.42. The minimum atomic E-state index is -0.846. The van der Waals surface area contributed by atoms with E-state index >= 15 is 0 Å². The minimum absolute atomic E-state index is 0.240. The Morgan fingerprint density at radius 1 is 1.24 bits per heavy atom. The van der Waals surface area contributed by atoms with E-state index in [1.54, 1.807) is 21.0 Å². The van der Waals surface area contributed by atoms with E-state index in [4.69, 9.17) is 9.47 Å². The first-order chi connectivity index (χ1) is 7.83. The van der Waals surface area contributed by atoms with Gasteiger partial charge in [-0.2, -0.15) is 0 Å². The average Bonchev–Trinajstić information content (AvgIpc) is 2.24. The third kappa shape index (κ3) is 4.27. The molecule has 0 fully saturated rings. The summed E-state index contributed by atoms with van der Waals surface area (Å²) in [5, 5.41) is 9.62. The van der Waals surface area contributed by atoms with Crippen LogP contribution in [0.15, 0.2) is 18.2 Å². The summed E-state index contributed by atoms with van der Waals surface area (Å²) in [6, 6.07) is 5.89. The molecule has 0 amide bonds. The summed E-state index contributed by atoms with van der Waals surface area (Å²) in [6.07, 6.45) is 0. The first-order valence-corrected chi connectivity index (χ1v) is 5.86. The zero-order valence-electron chi connectivity index (χ0n) is 11.3. The fraction of sp³-hybridized carbons (Fsp3) is 0.571. The van der Waals surface area contributed by atoms with Crippen molar-refractivity contribution in [2.45, 2.75) is 39.2 Å². The molecule has 0 bridgehead atoms. The highest BCUT2D eigenvalue weighted by Gasteiger charge is 2.15. The molecular weight excluding hydrogens is 216 g/mol. The van der Waals surface area contributed by atoms with Gasteiger partial charge in [-0.15, -0.1) is 0 Å². The minimum Gasteiger partial charge on any atom is -0.493 e. The Morgan fingerprint density at radius 3 is 2.35 bits per heavy atom. The van der Waals surface area contributed by atoms with Gasteiger partial charge in [-0.25, -0.2) is 0 Å². The molecule has 3 nitrogen and oxygen atoms in total. The van der Waals surface area contributed by atoms with Gasteiger partial charge in [-0.1, -0.05) is 19.9 Å². The molecule has 1 N–H and O–H groups in total. The number of benzene rings is 1. The predicted octanol–water partition coefficient (Wildman–Crippen LogP) is 2.97. The van der Waals surface area contributed by atoms with Crippen LogP contribution in [0.25, 0.3) is 0 Å². The van der Waals surface area contributed by atoms with Crippen molar-refractivity contribution in [1.29, 1.82) is 0 Å². The van der Waals surface area contributed by atoms with Crippen molar-refractivity contribution >= 4 is 0 Å². The average molecular weight is 238 g/mol. The van der Waals surface area contributed by atoms with Crippen LogP contribution in [-0.2, 0) is 0 Å². The summed E-state index contributed by atoms with van der Waals surface area (Å²) >= 11 is 0. The van der Waals surface area contributed by atoms with Crippen LogP contribution in [0.2, 0.25) is 0 Å². The molecule has 0 atom stereocenters. The second-order valence-electron chi connectivity index (χ2n) is 5.17. The predicted molar refractivity (Wildman–Crippen MR) is 68.9 cm³/mol. The van der Waals surface area contributed by atoms with Crippen LogP contribution in [0.5, 0.6) is 11.5 Å². The lowest BCUT2D eigenvalue weighted by atomic mass is 10.0. The number of ether oxygens (including phenoxy) is 2. The molecule has 0 aliphatic carbocycles. The Balaban J connectivity index is 2.86. The van der Waals surface area contributed by atoms with Crippen LogP contribution in [0, 0.1) is 0 Å². The summed E-state index contributed by atoms with van der Waals surface area (Å²) in [6.45, 7) is 7.92. The van der Waals surface area contributed by atoms with E-state index in [1.165, 1.54) is 5.56 Å². The van der Waals surface area contributed by atoms with Gasteiger partial charge in [-0.3, -0.25) is 0 Å². The van der Waals surface area contributed by atoms with E-state index in [-0.39, 0.29) is 6.61 Å². The third-order valence-corrected chi connectivity index (χ3v) is 2.44. The van der Waals surface area contributed by atoms with Gasteiger partial charge in [0, 0.05) is 0 Å². The molecule has 0 radical (unpaired) electrons. The molecule has 0 aromatic heterocycles. The standard InChI is InChI=1S/C14H22O3/c1-10(2)11-6-7-12(13(8-11)16-5)17-9-14(3,4)15/h6-8,10,15H,9H2,1-5H3. The number of methoxy groups -OCH3 is 1. The van der Waals surface area contributed by atoms with Crippen molar-refractivity contribution in [1.82, 2.24) is 0 Å². The fourth-order valence-electron chi connectivity index (χ4n) is 1.42. The van der Waals surface area contributed by atoms with Crippen LogP contribution < -0.4 is 9.47 Å². The van der Waals surface area contributed by atoms with Gasteiger partial charge in [0.1, 0.15) is 6.61 Å². The molecule has 0 unspecified atom stereocenters. The van der Waals surface area contributed by atoms with Crippen molar-refractivity contribution in [3.8, 4) is 11.5 Å². The highest BCUT2D eigenvalue weighted by Crippen LogP contribution is 2.31. The van der Waals surface area contributed by atoms with Crippen molar-refractivity contribution in [3.63, 3.8) is 0 Å². The SMILES string of the molecule is COc1cc(C(C)C)ccc1OCC(C)(C)O. The highest BCUT2D eigenvalue weighted by atomic mass is 16.5. The van der Waals surface area contributed by atoms with Crippen LogP contribution in [0.3, 0.4) is 0 Å². The van der Waals surface area contributed by atoms with Crippen molar-refractivity contribution in [3.05, 3.63) is 23.8 Å². The third-order valence-electron chi connectivity index (χ3n) is 2.44. The Hall–Kier alpha value is -1.22. The Kier molecular flexibility index (Phi) is 4.40. The van der Waals surface area contributed by atoms with Gasteiger partial charge in [0.15, 0.2) is 11.5 Å². The first-order valence-electron chi connectivity index (χ1n) is 5.86. The zero-order valence-corrected chi connectivity index (χ0v) is 11.3. The monoisotopic (exact) mass is 238 g/mol. The van der Waals surface area contributed by atoms with Gasteiger partial charge in [0.2, 0.25) is 0 Å². The largest absolute Gasteiger partial charge is 0.493 e. The normalized spacial score (nSPS) is 11.7. The summed E-state index contributed by atoms with van der Waals surface area (Å²) in [5.41, 5.74) is 0.360. The molecule has 0 heterocycles. The van der Waals surface area contributed by atoms with Gasteiger partial charge in [0.25, 0.3) is 0 Å². The summed E-state index contributed by atoms with van der Waals surface area (Å²) < 4.78 is 10.8. The van der Waals surface area contributed by atoms with Crippen LogP contribution in [0.1, 0.15) is 39.2 Å². The number of aliphatic hydroxyl groups is 1. The lowest BCUT2D eigenvalue weighted by molar-refractivity contribution is 0.0276. The molecule has 1 aromatic rings. The molecule has 1 aromatic carbocycles. The maximum absolute atomic E-state index is 9.62. The molecule has 0 aliphatic rings. The Labute approximate surface area is 103 Å². The van der Waals surface area contributed by atoms with Crippen molar-refractivity contribution < 1.29 is 14.6 Å². The number of rotatable bonds is 5. The quantitative estimate of drug-likeness (QED) is 0.857. The van der Waals surface area contributed by atoms with Crippen LogP contribution >= 0.6 is 0 Å². The number of hydrogen-bond donors (Lipinski definition) is 1. The molecule has 0 aliphatic heterocycles. The second kappa shape index (κ2) is 5.41. The lowest BCUT2D eigenvalue weighted by Crippen LogP contribution is -2.27. The van der Waals surface area contributed by atoms with Crippen molar-refractivity contribution in [2.24, 2.45) is 0 Å². The Morgan fingerprint density at radius 2 is 1.88 bits per heavy atom. The maximum Gasteiger partial charge on any atom is 0.161 e. The molecule has 96 valence electrons. The van der Waals surface area contributed by atoms with E-state index in [1.807, 2.05) is 18.2 Å². The summed E-state index contributed by atoms with van der Waals surface area (Å²) in [5.74, 6) is 1.83. The van der Waals surface area contributed by atoms with Crippen LogP contribution in [-0.4, -0.2) is 24.4 Å². The maximum atomic E-state index is 9.62. The molecule has 0 saturated heterocycles.